The van der Waals surface area contributed by atoms with E-state index in [0.717, 1.165) is 16.8 Å². The highest BCUT2D eigenvalue weighted by atomic mass is 32.2. The normalized spacial score (nSPS) is 26.4. The molecule has 1 aliphatic rings. The van der Waals surface area contributed by atoms with Crippen molar-refractivity contribution in [3.63, 3.8) is 0 Å². The summed E-state index contributed by atoms with van der Waals surface area (Å²) in [6.45, 7) is 4.26. The summed E-state index contributed by atoms with van der Waals surface area (Å²) in [4.78, 5) is 8.47. The minimum Gasteiger partial charge on any atom is -0.351 e. The van der Waals surface area contributed by atoms with Gasteiger partial charge in [-0.3, -0.25) is 0 Å². The SMILES string of the molecule is Cc1cnc(NC2CSC(C)C2)nc1. The lowest BCUT2D eigenvalue weighted by molar-refractivity contribution is 0.738. The molecule has 1 N–H and O–H groups in total. The Bertz CT molecular complexity index is 299. The van der Waals surface area contributed by atoms with E-state index in [-0.39, 0.29) is 0 Å². The molecule has 2 atom stereocenters. The smallest absolute Gasteiger partial charge is 0.222 e. The first kappa shape index (κ1) is 9.77. The van der Waals surface area contributed by atoms with E-state index in [9.17, 15) is 0 Å². The Morgan fingerprint density at radius 3 is 2.71 bits per heavy atom. The fraction of sp³-hybridized carbons (Fsp3) is 0.600. The van der Waals surface area contributed by atoms with Crippen LogP contribution in [-0.2, 0) is 0 Å². The minimum absolute atomic E-state index is 0.540. The molecule has 0 amide bonds. The van der Waals surface area contributed by atoms with Crippen LogP contribution < -0.4 is 5.32 Å². The first-order valence-electron chi connectivity index (χ1n) is 4.91. The van der Waals surface area contributed by atoms with Crippen molar-refractivity contribution in [2.45, 2.75) is 31.6 Å². The first-order chi connectivity index (χ1) is 6.74. The Morgan fingerprint density at radius 1 is 1.43 bits per heavy atom. The summed E-state index contributed by atoms with van der Waals surface area (Å²) >= 11 is 2.01. The fourth-order valence-corrected chi connectivity index (χ4v) is 2.72. The quantitative estimate of drug-likeness (QED) is 0.809. The topological polar surface area (TPSA) is 37.8 Å². The molecule has 2 rings (SSSR count). The van der Waals surface area contributed by atoms with Crippen molar-refractivity contribution in [3.8, 4) is 0 Å². The summed E-state index contributed by atoms with van der Waals surface area (Å²) in [5, 5.41) is 4.12. The molecule has 1 aromatic rings. The molecular formula is C10H15N3S. The predicted molar refractivity (Wildman–Crippen MR) is 60.7 cm³/mol. The molecular weight excluding hydrogens is 194 g/mol. The molecule has 0 aliphatic carbocycles. The molecule has 14 heavy (non-hydrogen) atoms. The van der Waals surface area contributed by atoms with Crippen LogP contribution in [0.2, 0.25) is 0 Å². The zero-order valence-electron chi connectivity index (χ0n) is 8.53. The summed E-state index contributed by atoms with van der Waals surface area (Å²) in [7, 11) is 0. The summed E-state index contributed by atoms with van der Waals surface area (Å²) in [6.07, 6.45) is 4.91. The van der Waals surface area contributed by atoms with E-state index in [1.807, 2.05) is 31.1 Å². The van der Waals surface area contributed by atoms with Gasteiger partial charge in [-0.1, -0.05) is 6.92 Å². The van der Waals surface area contributed by atoms with E-state index in [0.29, 0.717) is 6.04 Å². The molecule has 1 fully saturated rings. The molecule has 3 nitrogen and oxygen atoms in total. The van der Waals surface area contributed by atoms with Gasteiger partial charge in [0, 0.05) is 29.4 Å². The van der Waals surface area contributed by atoms with Crippen molar-refractivity contribution in [2.75, 3.05) is 11.1 Å². The number of nitrogens with one attached hydrogen (secondary N) is 1. The Morgan fingerprint density at radius 2 is 2.14 bits per heavy atom. The van der Waals surface area contributed by atoms with Crippen LogP contribution in [0.3, 0.4) is 0 Å². The number of hydrogen-bond donors (Lipinski definition) is 1. The number of rotatable bonds is 2. The molecule has 1 saturated heterocycles. The molecule has 2 unspecified atom stereocenters. The Labute approximate surface area is 88.7 Å². The fourth-order valence-electron chi connectivity index (χ4n) is 1.57. The van der Waals surface area contributed by atoms with Gasteiger partial charge >= 0.3 is 0 Å². The average molecular weight is 209 g/mol. The summed E-state index contributed by atoms with van der Waals surface area (Å²) < 4.78 is 0. The number of hydrogen-bond acceptors (Lipinski definition) is 4. The van der Waals surface area contributed by atoms with Gasteiger partial charge in [0.05, 0.1) is 0 Å². The van der Waals surface area contributed by atoms with Gasteiger partial charge in [0.15, 0.2) is 0 Å². The van der Waals surface area contributed by atoms with Crippen molar-refractivity contribution < 1.29 is 0 Å². The van der Waals surface area contributed by atoms with Gasteiger partial charge in [-0.2, -0.15) is 11.8 Å². The average Bonchev–Trinajstić information content (AvgIpc) is 2.56. The van der Waals surface area contributed by atoms with Crippen LogP contribution in [0.25, 0.3) is 0 Å². The molecule has 1 aromatic heterocycles. The van der Waals surface area contributed by atoms with E-state index in [1.54, 1.807) is 0 Å². The highest BCUT2D eigenvalue weighted by Crippen LogP contribution is 2.27. The second kappa shape index (κ2) is 4.17. The Hall–Kier alpha value is -0.770. The van der Waals surface area contributed by atoms with Gasteiger partial charge in [-0.15, -0.1) is 0 Å². The predicted octanol–water partition coefficient (Wildman–Crippen LogP) is 2.09. The number of thioether (sulfide) groups is 1. The van der Waals surface area contributed by atoms with Crippen LogP contribution >= 0.6 is 11.8 Å². The van der Waals surface area contributed by atoms with Crippen molar-refractivity contribution >= 4 is 17.7 Å². The van der Waals surface area contributed by atoms with Gasteiger partial charge in [0.2, 0.25) is 5.95 Å². The molecule has 2 heterocycles. The highest BCUT2D eigenvalue weighted by molar-refractivity contribution is 8.00. The Kier molecular flexibility index (Phi) is 2.91. The summed E-state index contributed by atoms with van der Waals surface area (Å²) in [5.41, 5.74) is 1.10. The van der Waals surface area contributed by atoms with Crippen LogP contribution in [-0.4, -0.2) is 27.0 Å². The van der Waals surface area contributed by atoms with Gasteiger partial charge in [-0.05, 0) is 18.9 Å². The third-order valence-corrected chi connectivity index (χ3v) is 3.67. The highest BCUT2D eigenvalue weighted by Gasteiger charge is 2.21. The maximum absolute atomic E-state index is 4.24. The van der Waals surface area contributed by atoms with Gasteiger partial charge < -0.3 is 5.32 Å². The number of anilines is 1. The second-order valence-electron chi connectivity index (χ2n) is 3.80. The molecule has 76 valence electrons. The van der Waals surface area contributed by atoms with Crippen molar-refractivity contribution in [1.82, 2.24) is 9.97 Å². The first-order valence-corrected chi connectivity index (χ1v) is 5.95. The third kappa shape index (κ3) is 2.38. The van der Waals surface area contributed by atoms with Crippen LogP contribution in [0.4, 0.5) is 5.95 Å². The maximum atomic E-state index is 4.24. The third-order valence-electron chi connectivity index (χ3n) is 2.31. The maximum Gasteiger partial charge on any atom is 0.222 e. The lowest BCUT2D eigenvalue weighted by Crippen LogP contribution is -2.20. The minimum atomic E-state index is 0.540. The second-order valence-corrected chi connectivity index (χ2v) is 5.28. The van der Waals surface area contributed by atoms with Crippen LogP contribution in [0.15, 0.2) is 12.4 Å². The van der Waals surface area contributed by atoms with Gasteiger partial charge in [0.1, 0.15) is 0 Å². The van der Waals surface area contributed by atoms with Crippen LogP contribution in [0.5, 0.6) is 0 Å². The van der Waals surface area contributed by atoms with Crippen LogP contribution in [0, 0.1) is 6.92 Å². The van der Waals surface area contributed by atoms with E-state index < -0.39 is 0 Å². The standard InChI is InChI=1S/C10H15N3S/c1-7-4-11-10(12-5-7)13-9-3-8(2)14-6-9/h4-5,8-9H,3,6H2,1-2H3,(H,11,12,13). The van der Waals surface area contributed by atoms with Gasteiger partial charge in [-0.25, -0.2) is 9.97 Å². The number of aryl methyl sites for hydroxylation is 1. The monoisotopic (exact) mass is 209 g/mol. The van der Waals surface area contributed by atoms with Gasteiger partial charge in [0.25, 0.3) is 0 Å². The molecule has 0 saturated carbocycles. The van der Waals surface area contributed by atoms with E-state index in [2.05, 4.69) is 22.2 Å². The van der Waals surface area contributed by atoms with E-state index >= 15 is 0 Å². The number of nitrogens with zero attached hydrogens (tertiary/aromatic N) is 2. The molecule has 0 spiro atoms. The Balaban J connectivity index is 1.94. The van der Waals surface area contributed by atoms with Crippen LogP contribution in [0.1, 0.15) is 18.9 Å². The van der Waals surface area contributed by atoms with E-state index in [4.69, 9.17) is 0 Å². The lowest BCUT2D eigenvalue weighted by atomic mass is 10.2. The van der Waals surface area contributed by atoms with Crippen molar-refractivity contribution in [1.29, 1.82) is 0 Å². The molecule has 1 aliphatic heterocycles. The van der Waals surface area contributed by atoms with Crippen molar-refractivity contribution in [2.24, 2.45) is 0 Å². The summed E-state index contributed by atoms with van der Waals surface area (Å²) in [5.74, 6) is 1.92. The zero-order valence-corrected chi connectivity index (χ0v) is 9.34. The van der Waals surface area contributed by atoms with E-state index in [1.165, 1.54) is 12.2 Å². The lowest BCUT2D eigenvalue weighted by Gasteiger charge is -2.10. The number of aromatic nitrogens is 2. The molecule has 0 bridgehead atoms. The van der Waals surface area contributed by atoms with Crippen molar-refractivity contribution in [3.05, 3.63) is 18.0 Å². The largest absolute Gasteiger partial charge is 0.351 e. The molecule has 0 radical (unpaired) electrons. The molecule has 4 heteroatoms. The zero-order chi connectivity index (χ0) is 9.97. The molecule has 0 aromatic carbocycles. The summed E-state index contributed by atoms with van der Waals surface area (Å²) in [6, 6.07) is 0.540.